The minimum atomic E-state index is -0.0259. The maximum absolute atomic E-state index is 8.94. The van der Waals surface area contributed by atoms with Crippen LogP contribution >= 0.6 is 0 Å². The summed E-state index contributed by atoms with van der Waals surface area (Å²) < 4.78 is 1.90. The first-order valence-electron chi connectivity index (χ1n) is 5.43. The monoisotopic (exact) mass is 204 g/mol. The van der Waals surface area contributed by atoms with Crippen LogP contribution in [0.15, 0.2) is 12.3 Å². The third kappa shape index (κ3) is 3.07. The minimum Gasteiger partial charge on any atom is -0.299 e. The molecular weight excluding hydrogens is 188 g/mol. The van der Waals surface area contributed by atoms with E-state index in [4.69, 9.17) is 5.26 Å². The molecule has 1 aromatic rings. The first-order valence-corrected chi connectivity index (χ1v) is 5.43. The molecule has 1 unspecified atom stereocenters. The molecule has 4 heteroatoms. The van der Waals surface area contributed by atoms with Crippen LogP contribution < -0.4 is 5.32 Å². The van der Waals surface area contributed by atoms with Gasteiger partial charge in [-0.05, 0) is 32.3 Å². The first kappa shape index (κ1) is 10.2. The van der Waals surface area contributed by atoms with Gasteiger partial charge in [0.05, 0.1) is 17.8 Å². The number of hydrogen-bond donors (Lipinski definition) is 1. The van der Waals surface area contributed by atoms with Gasteiger partial charge in [-0.3, -0.25) is 10.00 Å². The molecule has 2 rings (SSSR count). The molecule has 1 aliphatic carbocycles. The van der Waals surface area contributed by atoms with Gasteiger partial charge >= 0.3 is 0 Å². The van der Waals surface area contributed by atoms with Crippen LogP contribution in [0.5, 0.6) is 0 Å². The van der Waals surface area contributed by atoms with Crippen LogP contribution in [0.2, 0.25) is 0 Å². The molecule has 0 spiro atoms. The van der Waals surface area contributed by atoms with Crippen molar-refractivity contribution in [2.75, 3.05) is 0 Å². The molecule has 0 aromatic carbocycles. The second-order valence-electron chi connectivity index (χ2n) is 4.13. The van der Waals surface area contributed by atoms with Crippen LogP contribution in [0, 0.1) is 18.3 Å². The molecule has 0 aliphatic heterocycles. The van der Waals surface area contributed by atoms with Gasteiger partial charge in [0.2, 0.25) is 0 Å². The van der Waals surface area contributed by atoms with Gasteiger partial charge in [0.1, 0.15) is 0 Å². The molecule has 1 aliphatic rings. The topological polar surface area (TPSA) is 53.6 Å². The maximum atomic E-state index is 8.94. The Kier molecular flexibility index (Phi) is 3.02. The van der Waals surface area contributed by atoms with Crippen LogP contribution in [0.3, 0.4) is 0 Å². The lowest BCUT2D eigenvalue weighted by Crippen LogP contribution is -2.30. The van der Waals surface area contributed by atoms with E-state index >= 15 is 0 Å². The van der Waals surface area contributed by atoms with E-state index in [1.807, 2.05) is 23.9 Å². The van der Waals surface area contributed by atoms with Crippen molar-refractivity contribution in [1.82, 2.24) is 15.1 Å². The van der Waals surface area contributed by atoms with Crippen molar-refractivity contribution in [2.45, 2.75) is 44.8 Å². The highest BCUT2D eigenvalue weighted by atomic mass is 15.3. The van der Waals surface area contributed by atoms with E-state index in [0.717, 1.165) is 18.7 Å². The van der Waals surface area contributed by atoms with Crippen molar-refractivity contribution >= 4 is 0 Å². The van der Waals surface area contributed by atoms with E-state index in [2.05, 4.69) is 16.5 Å². The molecular formula is C11H16N4. The van der Waals surface area contributed by atoms with Gasteiger partial charge in [-0.1, -0.05) is 0 Å². The molecule has 15 heavy (non-hydrogen) atoms. The Morgan fingerprint density at radius 3 is 3.07 bits per heavy atom. The highest BCUT2D eigenvalue weighted by molar-refractivity contribution is 4.97. The fourth-order valence-corrected chi connectivity index (χ4v) is 1.57. The van der Waals surface area contributed by atoms with E-state index in [1.165, 1.54) is 12.8 Å². The fraction of sp³-hybridized carbons (Fsp3) is 0.636. The summed E-state index contributed by atoms with van der Waals surface area (Å²) in [4.78, 5) is 0. The highest BCUT2D eigenvalue weighted by Gasteiger charge is 2.24. The standard InChI is InChI=1S/C11H16N4/c1-9-4-6-15(14-9)7-5-11(8-12)13-10-2-3-10/h4,6,10-11,13H,2-3,5,7H2,1H3. The van der Waals surface area contributed by atoms with E-state index in [9.17, 15) is 0 Å². The molecule has 0 radical (unpaired) electrons. The third-order valence-corrected chi connectivity index (χ3v) is 2.59. The summed E-state index contributed by atoms with van der Waals surface area (Å²) in [6, 6.07) is 4.85. The van der Waals surface area contributed by atoms with Crippen molar-refractivity contribution in [1.29, 1.82) is 5.26 Å². The van der Waals surface area contributed by atoms with Gasteiger partial charge in [-0.25, -0.2) is 0 Å². The molecule has 1 heterocycles. The zero-order chi connectivity index (χ0) is 10.7. The normalized spacial score (nSPS) is 17.3. The van der Waals surface area contributed by atoms with Gasteiger partial charge in [0, 0.05) is 18.8 Å². The van der Waals surface area contributed by atoms with Crippen LogP contribution in [0.4, 0.5) is 0 Å². The smallest absolute Gasteiger partial charge is 0.0972 e. The number of aryl methyl sites for hydroxylation is 2. The van der Waals surface area contributed by atoms with E-state index in [0.29, 0.717) is 6.04 Å². The van der Waals surface area contributed by atoms with E-state index in [-0.39, 0.29) is 6.04 Å². The van der Waals surface area contributed by atoms with Gasteiger partial charge < -0.3 is 0 Å². The van der Waals surface area contributed by atoms with Crippen LogP contribution in [-0.2, 0) is 6.54 Å². The summed E-state index contributed by atoms with van der Waals surface area (Å²) >= 11 is 0. The van der Waals surface area contributed by atoms with Crippen molar-refractivity contribution in [3.05, 3.63) is 18.0 Å². The Balaban J connectivity index is 1.77. The predicted octanol–water partition coefficient (Wildman–Crippen LogP) is 1.23. The lowest BCUT2D eigenvalue weighted by molar-refractivity contribution is 0.490. The minimum absolute atomic E-state index is 0.0259. The fourth-order valence-electron chi connectivity index (χ4n) is 1.57. The summed E-state index contributed by atoms with van der Waals surface area (Å²) in [7, 11) is 0. The Labute approximate surface area is 89.9 Å². The predicted molar refractivity (Wildman–Crippen MR) is 57.1 cm³/mol. The number of nitrogens with zero attached hydrogens (tertiary/aromatic N) is 3. The Morgan fingerprint density at radius 1 is 1.73 bits per heavy atom. The molecule has 0 amide bonds. The number of rotatable bonds is 5. The lowest BCUT2D eigenvalue weighted by Gasteiger charge is -2.10. The average molecular weight is 204 g/mol. The SMILES string of the molecule is Cc1ccn(CCC(C#N)NC2CC2)n1. The van der Waals surface area contributed by atoms with Gasteiger partial charge in [0.15, 0.2) is 0 Å². The summed E-state index contributed by atoms with van der Waals surface area (Å²) in [6.45, 7) is 2.78. The molecule has 1 atom stereocenters. The highest BCUT2D eigenvalue weighted by Crippen LogP contribution is 2.19. The quantitative estimate of drug-likeness (QED) is 0.784. The van der Waals surface area contributed by atoms with Gasteiger partial charge in [0.25, 0.3) is 0 Å². The number of nitriles is 1. The molecule has 0 saturated heterocycles. The first-order chi connectivity index (χ1) is 7.28. The third-order valence-electron chi connectivity index (χ3n) is 2.59. The number of aromatic nitrogens is 2. The van der Waals surface area contributed by atoms with E-state index in [1.54, 1.807) is 0 Å². The molecule has 1 aromatic heterocycles. The van der Waals surface area contributed by atoms with Crippen molar-refractivity contribution in [3.8, 4) is 6.07 Å². The second kappa shape index (κ2) is 4.45. The summed E-state index contributed by atoms with van der Waals surface area (Å²) in [5.41, 5.74) is 1.03. The molecule has 1 N–H and O–H groups in total. The van der Waals surface area contributed by atoms with Gasteiger partial charge in [-0.2, -0.15) is 10.4 Å². The van der Waals surface area contributed by atoms with Crippen LogP contribution in [0.1, 0.15) is 25.0 Å². The summed E-state index contributed by atoms with van der Waals surface area (Å²) in [5.74, 6) is 0. The Hall–Kier alpha value is -1.34. The number of hydrogen-bond acceptors (Lipinski definition) is 3. The average Bonchev–Trinajstić information content (AvgIpc) is 2.95. The second-order valence-corrected chi connectivity index (χ2v) is 4.13. The van der Waals surface area contributed by atoms with Crippen LogP contribution in [0.25, 0.3) is 0 Å². The van der Waals surface area contributed by atoms with E-state index < -0.39 is 0 Å². The zero-order valence-electron chi connectivity index (χ0n) is 8.98. The maximum Gasteiger partial charge on any atom is 0.0972 e. The van der Waals surface area contributed by atoms with Crippen molar-refractivity contribution < 1.29 is 0 Å². The number of nitrogens with one attached hydrogen (secondary N) is 1. The van der Waals surface area contributed by atoms with Crippen molar-refractivity contribution in [3.63, 3.8) is 0 Å². The molecule has 1 saturated carbocycles. The molecule has 1 fully saturated rings. The lowest BCUT2D eigenvalue weighted by atomic mass is 10.2. The Morgan fingerprint density at radius 2 is 2.53 bits per heavy atom. The Bertz CT molecular complexity index is 359. The van der Waals surface area contributed by atoms with Crippen molar-refractivity contribution in [2.24, 2.45) is 0 Å². The van der Waals surface area contributed by atoms with Gasteiger partial charge in [-0.15, -0.1) is 0 Å². The zero-order valence-corrected chi connectivity index (χ0v) is 8.98. The molecule has 80 valence electrons. The summed E-state index contributed by atoms with van der Waals surface area (Å²) in [5, 5.41) is 16.6. The largest absolute Gasteiger partial charge is 0.299 e. The molecule has 0 bridgehead atoms. The molecule has 4 nitrogen and oxygen atoms in total. The summed E-state index contributed by atoms with van der Waals surface area (Å²) in [6.07, 6.45) is 5.23. The van der Waals surface area contributed by atoms with Crippen LogP contribution in [-0.4, -0.2) is 21.9 Å².